The number of benzene rings is 1. The second-order valence-corrected chi connectivity index (χ2v) is 5.47. The van der Waals surface area contributed by atoms with Crippen LogP contribution in [0.5, 0.6) is 0 Å². The van der Waals surface area contributed by atoms with Crippen LogP contribution in [0, 0.1) is 5.82 Å². The van der Waals surface area contributed by atoms with Gasteiger partial charge >= 0.3 is 0 Å². The summed E-state index contributed by atoms with van der Waals surface area (Å²) in [5.41, 5.74) is 6.22. The van der Waals surface area contributed by atoms with Gasteiger partial charge in [-0.05, 0) is 25.0 Å². The Morgan fingerprint density at radius 2 is 1.80 bits per heavy atom. The lowest BCUT2D eigenvalue weighted by Gasteiger charge is -2.23. The van der Waals surface area contributed by atoms with E-state index < -0.39 is 5.54 Å². The van der Waals surface area contributed by atoms with Crippen molar-refractivity contribution in [3.63, 3.8) is 0 Å². The average molecular weight is 275 g/mol. The van der Waals surface area contributed by atoms with E-state index in [9.17, 15) is 4.39 Å². The van der Waals surface area contributed by atoms with Crippen LogP contribution in [0.1, 0.15) is 44.3 Å². The van der Waals surface area contributed by atoms with Crippen molar-refractivity contribution in [2.45, 2.75) is 44.1 Å². The summed E-state index contributed by atoms with van der Waals surface area (Å²) in [7, 11) is 0. The van der Waals surface area contributed by atoms with Gasteiger partial charge in [0, 0.05) is 0 Å². The molecule has 1 aromatic carbocycles. The monoisotopic (exact) mass is 275 g/mol. The first kappa shape index (κ1) is 13.2. The Hall–Kier alpha value is -1.75. The molecule has 1 saturated carbocycles. The first-order valence-electron chi connectivity index (χ1n) is 7.07. The maximum absolute atomic E-state index is 13.7. The number of nitrogens with zero attached hydrogens (tertiary/aromatic N) is 2. The third-order valence-corrected chi connectivity index (χ3v) is 3.97. The molecule has 1 aliphatic carbocycles. The van der Waals surface area contributed by atoms with Gasteiger partial charge in [0.15, 0.2) is 5.82 Å². The number of hydrogen-bond donors (Lipinski definition) is 1. The Kier molecular flexibility index (Phi) is 3.53. The van der Waals surface area contributed by atoms with Crippen molar-refractivity contribution in [3.8, 4) is 11.5 Å². The van der Waals surface area contributed by atoms with Crippen LogP contribution in [0.25, 0.3) is 11.5 Å². The van der Waals surface area contributed by atoms with Gasteiger partial charge < -0.3 is 10.3 Å². The minimum atomic E-state index is -0.538. The van der Waals surface area contributed by atoms with Crippen molar-refractivity contribution in [2.75, 3.05) is 0 Å². The van der Waals surface area contributed by atoms with Gasteiger partial charge in [-0.3, -0.25) is 0 Å². The summed E-state index contributed by atoms with van der Waals surface area (Å²) in [5.74, 6) is 0.333. The van der Waals surface area contributed by atoms with E-state index >= 15 is 0 Å². The second kappa shape index (κ2) is 5.32. The Morgan fingerprint density at radius 1 is 1.10 bits per heavy atom. The predicted octanol–water partition coefficient (Wildman–Crippen LogP) is 3.38. The minimum absolute atomic E-state index is 0.201. The molecule has 4 nitrogen and oxygen atoms in total. The molecule has 0 radical (unpaired) electrons. The minimum Gasteiger partial charge on any atom is -0.334 e. The molecule has 0 atom stereocenters. The van der Waals surface area contributed by atoms with Gasteiger partial charge in [-0.1, -0.05) is 43.0 Å². The molecule has 0 spiro atoms. The summed E-state index contributed by atoms with van der Waals surface area (Å²) >= 11 is 0. The first-order chi connectivity index (χ1) is 9.69. The van der Waals surface area contributed by atoms with Crippen molar-refractivity contribution in [2.24, 2.45) is 5.73 Å². The van der Waals surface area contributed by atoms with Gasteiger partial charge in [0.1, 0.15) is 5.82 Å². The molecular weight excluding hydrogens is 257 g/mol. The van der Waals surface area contributed by atoms with E-state index in [1.54, 1.807) is 18.2 Å². The van der Waals surface area contributed by atoms with Crippen LogP contribution in [0.15, 0.2) is 28.8 Å². The molecule has 0 unspecified atom stereocenters. The van der Waals surface area contributed by atoms with Gasteiger partial charge in [-0.25, -0.2) is 4.39 Å². The standard InChI is InChI=1S/C15H18FN3O/c16-12-8-4-3-7-11(12)13-18-14(19-20-13)15(17)9-5-1-2-6-10-15/h3-4,7-8H,1-2,5-6,9-10,17H2. The normalized spacial score (nSPS) is 18.7. The van der Waals surface area contributed by atoms with Crippen LogP contribution in [0.4, 0.5) is 4.39 Å². The van der Waals surface area contributed by atoms with Crippen molar-refractivity contribution in [3.05, 3.63) is 35.9 Å². The second-order valence-electron chi connectivity index (χ2n) is 5.47. The fraction of sp³-hybridized carbons (Fsp3) is 0.467. The number of hydrogen-bond acceptors (Lipinski definition) is 4. The highest BCUT2D eigenvalue weighted by Gasteiger charge is 2.33. The van der Waals surface area contributed by atoms with E-state index in [-0.39, 0.29) is 11.7 Å². The van der Waals surface area contributed by atoms with Crippen molar-refractivity contribution in [1.29, 1.82) is 0 Å². The van der Waals surface area contributed by atoms with E-state index in [0.29, 0.717) is 11.4 Å². The Bertz CT molecular complexity index is 588. The fourth-order valence-electron chi connectivity index (χ4n) is 2.75. The third kappa shape index (κ3) is 2.45. The summed E-state index contributed by atoms with van der Waals surface area (Å²) in [6.45, 7) is 0. The summed E-state index contributed by atoms with van der Waals surface area (Å²) in [4.78, 5) is 4.34. The van der Waals surface area contributed by atoms with Crippen molar-refractivity contribution in [1.82, 2.24) is 10.1 Å². The lowest BCUT2D eigenvalue weighted by atomic mass is 9.91. The van der Waals surface area contributed by atoms with Crippen LogP contribution in [0.3, 0.4) is 0 Å². The van der Waals surface area contributed by atoms with Crippen molar-refractivity contribution >= 4 is 0 Å². The van der Waals surface area contributed by atoms with E-state index in [1.807, 2.05) is 0 Å². The zero-order valence-corrected chi connectivity index (χ0v) is 11.3. The van der Waals surface area contributed by atoms with Crippen molar-refractivity contribution < 1.29 is 8.91 Å². The molecular formula is C15H18FN3O. The molecule has 1 aliphatic rings. The Balaban J connectivity index is 1.92. The van der Waals surface area contributed by atoms with E-state index in [1.165, 1.54) is 18.9 Å². The molecule has 0 saturated heterocycles. The van der Waals surface area contributed by atoms with Gasteiger partial charge in [-0.15, -0.1) is 0 Å². The first-order valence-corrected chi connectivity index (χ1v) is 7.07. The smallest absolute Gasteiger partial charge is 0.260 e. The largest absolute Gasteiger partial charge is 0.334 e. The summed E-state index contributed by atoms with van der Waals surface area (Å²) in [6, 6.07) is 6.38. The molecule has 0 amide bonds. The van der Waals surface area contributed by atoms with Crippen LogP contribution >= 0.6 is 0 Å². The van der Waals surface area contributed by atoms with E-state index in [0.717, 1.165) is 25.7 Å². The molecule has 2 aromatic rings. The van der Waals surface area contributed by atoms with Gasteiger partial charge in [0.25, 0.3) is 5.89 Å². The molecule has 1 aromatic heterocycles. The highest BCUT2D eigenvalue weighted by Crippen LogP contribution is 2.33. The molecule has 1 heterocycles. The highest BCUT2D eigenvalue weighted by molar-refractivity contribution is 5.53. The summed E-state index contributed by atoms with van der Waals surface area (Å²) in [5, 5.41) is 3.99. The number of rotatable bonds is 2. The molecule has 5 heteroatoms. The quantitative estimate of drug-likeness (QED) is 0.853. The third-order valence-electron chi connectivity index (χ3n) is 3.97. The topological polar surface area (TPSA) is 64.9 Å². The SMILES string of the molecule is NC1(c2noc(-c3ccccc3F)n2)CCCCCC1. The molecule has 106 valence electrons. The highest BCUT2D eigenvalue weighted by atomic mass is 19.1. The summed E-state index contributed by atoms with van der Waals surface area (Å²) in [6.07, 6.45) is 6.22. The average Bonchev–Trinajstić information content (AvgIpc) is 2.84. The number of halogens is 1. The lowest BCUT2D eigenvalue weighted by Crippen LogP contribution is -2.37. The van der Waals surface area contributed by atoms with E-state index in [4.69, 9.17) is 10.3 Å². The van der Waals surface area contributed by atoms with Gasteiger partial charge in [0.05, 0.1) is 11.1 Å². The lowest BCUT2D eigenvalue weighted by molar-refractivity contribution is 0.334. The molecule has 2 N–H and O–H groups in total. The molecule has 1 fully saturated rings. The maximum atomic E-state index is 13.7. The zero-order chi connectivity index (χ0) is 14.0. The van der Waals surface area contributed by atoms with Crippen LogP contribution < -0.4 is 5.73 Å². The fourth-order valence-corrected chi connectivity index (χ4v) is 2.75. The zero-order valence-electron chi connectivity index (χ0n) is 11.3. The maximum Gasteiger partial charge on any atom is 0.260 e. The van der Waals surface area contributed by atoms with Crippen LogP contribution in [-0.4, -0.2) is 10.1 Å². The molecule has 0 aliphatic heterocycles. The van der Waals surface area contributed by atoms with Crippen LogP contribution in [-0.2, 0) is 5.54 Å². The van der Waals surface area contributed by atoms with E-state index in [2.05, 4.69) is 10.1 Å². The van der Waals surface area contributed by atoms with Gasteiger partial charge in [-0.2, -0.15) is 4.98 Å². The molecule has 3 rings (SSSR count). The number of aromatic nitrogens is 2. The molecule has 0 bridgehead atoms. The van der Waals surface area contributed by atoms with Gasteiger partial charge in [0.2, 0.25) is 0 Å². The predicted molar refractivity (Wildman–Crippen MR) is 73.3 cm³/mol. The Labute approximate surface area is 117 Å². The summed E-state index contributed by atoms with van der Waals surface area (Å²) < 4.78 is 18.9. The van der Waals surface area contributed by atoms with Crippen LogP contribution in [0.2, 0.25) is 0 Å². The Morgan fingerprint density at radius 3 is 2.50 bits per heavy atom. The molecule has 20 heavy (non-hydrogen) atoms. The number of nitrogens with two attached hydrogens (primary N) is 1.